The fraction of sp³-hybridized carbons (Fsp3) is 0.875. The lowest BCUT2D eigenvalue weighted by molar-refractivity contribution is -0.471. The summed E-state index contributed by atoms with van der Waals surface area (Å²) >= 11 is 0. The first-order valence-electron chi connectivity index (χ1n) is 4.37. The standard InChI is InChI=1S/C7H17N2.CH4O4S/c1-6-7(8(2)3)9(4)5;1-5-6(2,3)4/h6H2,1-5H3;1H3,(H,2,3,4)/q+1;/p-1. The van der Waals surface area contributed by atoms with Gasteiger partial charge in [-0.3, -0.25) is 13.7 Å². The smallest absolute Gasteiger partial charge is 0.245 e. The highest BCUT2D eigenvalue weighted by molar-refractivity contribution is 7.80. The second-order valence-electron chi connectivity index (χ2n) is 3.13. The van der Waals surface area contributed by atoms with Gasteiger partial charge in [0.15, 0.2) is 0 Å². The number of amidine groups is 1. The molecule has 15 heavy (non-hydrogen) atoms. The summed E-state index contributed by atoms with van der Waals surface area (Å²) in [6.07, 6.45) is 1.10. The lowest BCUT2D eigenvalue weighted by Crippen LogP contribution is -2.28. The number of hydrogen-bond donors (Lipinski definition) is 0. The minimum absolute atomic E-state index is 0.808. The van der Waals surface area contributed by atoms with E-state index in [2.05, 4.69) is 48.8 Å². The predicted molar refractivity (Wildman–Crippen MR) is 57.8 cm³/mol. The van der Waals surface area contributed by atoms with Crippen molar-refractivity contribution in [3.05, 3.63) is 0 Å². The third kappa shape index (κ3) is 11.3. The Hall–Kier alpha value is -0.660. The summed E-state index contributed by atoms with van der Waals surface area (Å²) in [6.45, 7) is 2.16. The lowest BCUT2D eigenvalue weighted by Gasteiger charge is -2.08. The van der Waals surface area contributed by atoms with Gasteiger partial charge in [0.25, 0.3) is 0 Å². The van der Waals surface area contributed by atoms with Crippen LogP contribution in [0.2, 0.25) is 0 Å². The van der Waals surface area contributed by atoms with E-state index in [1.54, 1.807) is 0 Å². The second-order valence-corrected chi connectivity index (χ2v) is 4.28. The van der Waals surface area contributed by atoms with Crippen LogP contribution in [0.25, 0.3) is 0 Å². The molecule has 0 N–H and O–H groups in total. The summed E-state index contributed by atoms with van der Waals surface area (Å²) in [6, 6.07) is 0. The minimum Gasteiger partial charge on any atom is -0.726 e. The first-order chi connectivity index (χ1) is 6.65. The Bertz CT molecular complexity index is 292. The molecule has 0 amide bonds. The third-order valence-corrected chi connectivity index (χ3v) is 1.96. The Balaban J connectivity index is 0. The molecule has 6 nitrogen and oxygen atoms in total. The molecule has 92 valence electrons. The highest BCUT2D eigenvalue weighted by Gasteiger charge is 2.05. The van der Waals surface area contributed by atoms with Gasteiger partial charge in [-0.25, -0.2) is 8.42 Å². The highest BCUT2D eigenvalue weighted by atomic mass is 32.3. The molecular weight excluding hydrogens is 220 g/mol. The Morgan fingerprint density at radius 2 is 1.73 bits per heavy atom. The zero-order valence-electron chi connectivity index (χ0n) is 10.1. The lowest BCUT2D eigenvalue weighted by atomic mass is 10.4. The van der Waals surface area contributed by atoms with Crippen molar-refractivity contribution < 1.29 is 21.7 Å². The van der Waals surface area contributed by atoms with Crippen LogP contribution in [-0.2, 0) is 14.6 Å². The molecule has 0 bridgehead atoms. The van der Waals surface area contributed by atoms with E-state index in [4.69, 9.17) is 0 Å². The maximum Gasteiger partial charge on any atom is 0.245 e. The molecule has 0 spiro atoms. The molecule has 0 aliphatic heterocycles. The van der Waals surface area contributed by atoms with Crippen LogP contribution in [0.5, 0.6) is 0 Å². The number of nitrogens with zero attached hydrogens (tertiary/aromatic N) is 2. The summed E-state index contributed by atoms with van der Waals surface area (Å²) in [5, 5.41) is 0. The zero-order chi connectivity index (χ0) is 12.6. The topological polar surface area (TPSA) is 72.7 Å². The fourth-order valence-electron chi connectivity index (χ4n) is 1.03. The Morgan fingerprint density at radius 3 is 1.73 bits per heavy atom. The van der Waals surface area contributed by atoms with E-state index in [1.165, 1.54) is 5.84 Å². The van der Waals surface area contributed by atoms with Crippen molar-refractivity contribution in [3.8, 4) is 0 Å². The van der Waals surface area contributed by atoms with E-state index in [0.717, 1.165) is 13.5 Å². The number of hydrogen-bond acceptors (Lipinski definition) is 4. The molecule has 0 radical (unpaired) electrons. The molecule has 0 aromatic heterocycles. The SMILES string of the molecule is CCC(N(C)C)=[N+](C)C.COS(=O)(=O)[O-]. The second kappa shape index (κ2) is 7.61. The maximum absolute atomic E-state index is 9.22. The molecular formula is C8H20N2O4S. The van der Waals surface area contributed by atoms with Crippen LogP contribution in [0.15, 0.2) is 0 Å². The van der Waals surface area contributed by atoms with Gasteiger partial charge in [0, 0.05) is 6.42 Å². The summed E-state index contributed by atoms with van der Waals surface area (Å²) in [4.78, 5) is 2.14. The largest absolute Gasteiger partial charge is 0.726 e. The quantitative estimate of drug-likeness (QED) is 0.218. The van der Waals surface area contributed by atoms with E-state index in [-0.39, 0.29) is 0 Å². The first kappa shape index (κ1) is 16.8. The van der Waals surface area contributed by atoms with Gasteiger partial charge >= 0.3 is 0 Å². The van der Waals surface area contributed by atoms with Crippen molar-refractivity contribution in [1.29, 1.82) is 0 Å². The Morgan fingerprint density at radius 1 is 1.40 bits per heavy atom. The fourth-order valence-corrected chi connectivity index (χ4v) is 1.03. The molecule has 0 heterocycles. The summed E-state index contributed by atoms with van der Waals surface area (Å²) in [5.74, 6) is 1.36. The summed E-state index contributed by atoms with van der Waals surface area (Å²) < 4.78 is 33.2. The third-order valence-electron chi connectivity index (χ3n) is 1.55. The van der Waals surface area contributed by atoms with E-state index in [9.17, 15) is 13.0 Å². The molecule has 0 atom stereocenters. The summed E-state index contributed by atoms with van der Waals surface area (Å²) in [7, 11) is 4.67. The molecule has 0 unspecified atom stereocenters. The molecule has 0 saturated heterocycles. The Labute approximate surface area is 92.1 Å². The van der Waals surface area contributed by atoms with Crippen LogP contribution in [0.1, 0.15) is 13.3 Å². The van der Waals surface area contributed by atoms with E-state index >= 15 is 0 Å². The molecule has 0 rings (SSSR count). The van der Waals surface area contributed by atoms with Gasteiger partial charge < -0.3 is 4.55 Å². The zero-order valence-corrected chi connectivity index (χ0v) is 11.0. The van der Waals surface area contributed by atoms with E-state index < -0.39 is 10.4 Å². The number of rotatable bonds is 2. The molecule has 0 fully saturated rings. The van der Waals surface area contributed by atoms with Crippen LogP contribution >= 0.6 is 0 Å². The molecule has 0 aliphatic rings. The van der Waals surface area contributed by atoms with Crippen LogP contribution < -0.4 is 0 Å². The van der Waals surface area contributed by atoms with Gasteiger partial charge in [0.2, 0.25) is 16.2 Å². The van der Waals surface area contributed by atoms with Crippen LogP contribution in [0, 0.1) is 0 Å². The molecule has 0 aromatic rings. The van der Waals surface area contributed by atoms with Gasteiger partial charge in [0.05, 0.1) is 35.3 Å². The van der Waals surface area contributed by atoms with Crippen LogP contribution in [-0.4, -0.2) is 63.6 Å². The van der Waals surface area contributed by atoms with Gasteiger partial charge in [0.1, 0.15) is 0 Å². The van der Waals surface area contributed by atoms with Crippen molar-refractivity contribution in [1.82, 2.24) is 4.90 Å². The van der Waals surface area contributed by atoms with Gasteiger partial charge in [-0.2, -0.15) is 0 Å². The predicted octanol–water partition coefficient (Wildman–Crippen LogP) is -0.278. The maximum atomic E-state index is 9.22. The Kier molecular flexibility index (Phi) is 8.50. The van der Waals surface area contributed by atoms with Crippen molar-refractivity contribution in [2.75, 3.05) is 35.3 Å². The van der Waals surface area contributed by atoms with E-state index in [0.29, 0.717) is 0 Å². The molecule has 0 aliphatic carbocycles. The average Bonchev–Trinajstić information content (AvgIpc) is 2.03. The van der Waals surface area contributed by atoms with Crippen molar-refractivity contribution >= 4 is 16.2 Å². The van der Waals surface area contributed by atoms with Gasteiger partial charge in [-0.1, -0.05) is 6.92 Å². The highest BCUT2D eigenvalue weighted by Crippen LogP contribution is 1.86. The van der Waals surface area contributed by atoms with Crippen molar-refractivity contribution in [2.24, 2.45) is 0 Å². The van der Waals surface area contributed by atoms with Gasteiger partial charge in [-0.15, -0.1) is 0 Å². The van der Waals surface area contributed by atoms with Crippen molar-refractivity contribution in [3.63, 3.8) is 0 Å². The molecule has 0 saturated carbocycles. The molecule has 0 aromatic carbocycles. The van der Waals surface area contributed by atoms with Gasteiger partial charge in [-0.05, 0) is 0 Å². The van der Waals surface area contributed by atoms with Crippen LogP contribution in [0.3, 0.4) is 0 Å². The summed E-state index contributed by atoms with van der Waals surface area (Å²) in [5.41, 5.74) is 0. The molecule has 7 heteroatoms. The van der Waals surface area contributed by atoms with E-state index in [1.807, 2.05) is 0 Å². The normalized spacial score (nSPS) is 10.1. The van der Waals surface area contributed by atoms with Crippen molar-refractivity contribution in [2.45, 2.75) is 13.3 Å². The van der Waals surface area contributed by atoms with Crippen LogP contribution in [0.4, 0.5) is 0 Å². The average molecular weight is 240 g/mol. The minimum atomic E-state index is -4.41. The monoisotopic (exact) mass is 240 g/mol. The first-order valence-corrected chi connectivity index (χ1v) is 5.70.